The van der Waals surface area contributed by atoms with Crippen LogP contribution in [0.4, 0.5) is 22.0 Å². The Kier molecular flexibility index (Phi) is 4.85. The van der Waals surface area contributed by atoms with Crippen molar-refractivity contribution in [2.24, 2.45) is 7.05 Å². The van der Waals surface area contributed by atoms with Gasteiger partial charge in [-0.15, -0.1) is 0 Å². The number of oxazole rings is 1. The Hall–Kier alpha value is -1.49. The summed E-state index contributed by atoms with van der Waals surface area (Å²) in [7, 11) is 1.07. The lowest BCUT2D eigenvalue weighted by Gasteiger charge is -2.08. The largest absolute Gasteiger partial charge is 0.438 e. The summed E-state index contributed by atoms with van der Waals surface area (Å²) in [5.74, 6) is -1.06. The van der Waals surface area contributed by atoms with Crippen LogP contribution in [0.5, 0.6) is 5.88 Å². The normalized spacial score (nSPS) is 12.2. The van der Waals surface area contributed by atoms with Crippen LogP contribution in [0.25, 0.3) is 0 Å². The van der Waals surface area contributed by atoms with E-state index in [-0.39, 0.29) is 16.1 Å². The van der Waals surface area contributed by atoms with E-state index in [1.165, 1.54) is 0 Å². The Morgan fingerprint density at radius 2 is 2.14 bits per heavy atom. The molecule has 12 heteroatoms. The summed E-state index contributed by atoms with van der Waals surface area (Å²) in [6, 6.07) is 0. The van der Waals surface area contributed by atoms with E-state index < -0.39 is 29.9 Å². The molecule has 0 aliphatic carbocycles. The minimum absolute atomic E-state index is 0.00928. The van der Waals surface area contributed by atoms with Gasteiger partial charge in [0.2, 0.25) is 5.88 Å². The number of hydrogen-bond donors (Lipinski definition) is 0. The molecule has 0 saturated heterocycles. The van der Waals surface area contributed by atoms with E-state index in [4.69, 9.17) is 16.0 Å². The molecule has 2 heterocycles. The maximum atomic E-state index is 12.9. The number of rotatable bonds is 5. The van der Waals surface area contributed by atoms with E-state index in [0.717, 1.165) is 25.1 Å². The molecule has 0 radical (unpaired) electrons. The predicted molar refractivity (Wildman–Crippen MR) is 65.9 cm³/mol. The van der Waals surface area contributed by atoms with Gasteiger partial charge in [-0.1, -0.05) is 23.4 Å². The molecule has 2 aromatic rings. The van der Waals surface area contributed by atoms with Crippen molar-refractivity contribution in [1.29, 1.82) is 0 Å². The third kappa shape index (κ3) is 3.83. The molecule has 0 N–H and O–H groups in total. The van der Waals surface area contributed by atoms with Gasteiger partial charge in [0.25, 0.3) is 5.22 Å². The third-order valence-electron chi connectivity index (χ3n) is 2.35. The zero-order valence-electron chi connectivity index (χ0n) is 10.7. The lowest BCUT2D eigenvalue weighted by atomic mass is 10.2. The van der Waals surface area contributed by atoms with Gasteiger partial charge in [-0.05, 0) is 0 Å². The second-order valence-electron chi connectivity index (χ2n) is 3.86. The van der Waals surface area contributed by atoms with E-state index in [1.54, 1.807) is 0 Å². The number of aromatic nitrogens is 3. The number of aryl methyl sites for hydroxylation is 1. The topological polar surface area (TPSA) is 53.1 Å². The van der Waals surface area contributed by atoms with Crippen molar-refractivity contribution in [3.63, 3.8) is 0 Å². The third-order valence-corrected chi connectivity index (χ3v) is 3.39. The molecule has 0 atom stereocenters. The monoisotopic (exact) mass is 363 g/mol. The van der Waals surface area contributed by atoms with Gasteiger partial charge in [-0.25, -0.2) is 4.68 Å². The zero-order chi connectivity index (χ0) is 16.5. The molecule has 0 aliphatic heterocycles. The standard InChI is InChI=1S/C10H7ClF5N3O2S/c1-19-7(21-8(12)13)4(6(18-19)10(14,15)16)3-22-9-17-5(11)2-20-9/h2,8H,3H2,1H3. The van der Waals surface area contributed by atoms with E-state index in [1.807, 2.05) is 0 Å². The van der Waals surface area contributed by atoms with Gasteiger partial charge in [-0.2, -0.15) is 32.0 Å². The minimum Gasteiger partial charge on any atom is -0.438 e. The predicted octanol–water partition coefficient (Wildman–Crippen LogP) is 3.97. The fraction of sp³-hybridized carbons (Fsp3) is 0.400. The highest BCUT2D eigenvalue weighted by Gasteiger charge is 2.40. The smallest absolute Gasteiger partial charge is 0.435 e. The second kappa shape index (κ2) is 6.32. The van der Waals surface area contributed by atoms with Crippen LogP contribution >= 0.6 is 23.4 Å². The fourth-order valence-corrected chi connectivity index (χ4v) is 2.56. The molecule has 22 heavy (non-hydrogen) atoms. The van der Waals surface area contributed by atoms with Crippen molar-refractivity contribution in [3.05, 3.63) is 22.7 Å². The van der Waals surface area contributed by atoms with Gasteiger partial charge in [0.15, 0.2) is 10.8 Å². The van der Waals surface area contributed by atoms with Gasteiger partial charge < -0.3 is 9.15 Å². The number of ether oxygens (including phenoxy) is 1. The quantitative estimate of drug-likeness (QED) is 0.594. The summed E-state index contributed by atoms with van der Waals surface area (Å²) < 4.78 is 73.1. The first-order valence-corrected chi connectivity index (χ1v) is 6.86. The van der Waals surface area contributed by atoms with Crippen molar-refractivity contribution in [3.8, 4) is 5.88 Å². The van der Waals surface area contributed by atoms with Gasteiger partial charge in [-0.3, -0.25) is 0 Å². The first-order chi connectivity index (χ1) is 10.2. The SMILES string of the molecule is Cn1nc(C(F)(F)F)c(CSc2nc(Cl)co2)c1OC(F)F. The molecule has 2 rings (SSSR count). The van der Waals surface area contributed by atoms with Crippen LogP contribution in [-0.4, -0.2) is 21.4 Å². The van der Waals surface area contributed by atoms with Crippen molar-refractivity contribution >= 4 is 23.4 Å². The Morgan fingerprint density at radius 1 is 1.45 bits per heavy atom. The van der Waals surface area contributed by atoms with Crippen LogP contribution in [0.15, 0.2) is 15.9 Å². The maximum Gasteiger partial charge on any atom is 0.435 e. The molecular weight excluding hydrogens is 357 g/mol. The highest BCUT2D eigenvalue weighted by Crippen LogP contribution is 2.39. The molecule has 0 bridgehead atoms. The molecule has 0 saturated carbocycles. The summed E-state index contributed by atoms with van der Waals surface area (Å²) in [5.41, 5.74) is -1.84. The minimum atomic E-state index is -4.81. The van der Waals surface area contributed by atoms with Crippen molar-refractivity contribution < 1.29 is 31.1 Å². The Bertz CT molecular complexity index is 658. The van der Waals surface area contributed by atoms with Crippen LogP contribution in [0, 0.1) is 0 Å². The summed E-state index contributed by atoms with van der Waals surface area (Å²) >= 11 is 6.25. The van der Waals surface area contributed by atoms with E-state index in [2.05, 4.69) is 14.8 Å². The van der Waals surface area contributed by atoms with Crippen molar-refractivity contribution in [2.75, 3.05) is 0 Å². The summed E-state index contributed by atoms with van der Waals surface area (Å²) in [4.78, 5) is 3.68. The number of thioether (sulfide) groups is 1. The lowest BCUT2D eigenvalue weighted by molar-refractivity contribution is -0.142. The molecular formula is C10H7ClF5N3O2S. The van der Waals surface area contributed by atoms with Crippen LogP contribution in [0.2, 0.25) is 5.15 Å². The molecule has 0 amide bonds. The van der Waals surface area contributed by atoms with Gasteiger partial charge >= 0.3 is 12.8 Å². The van der Waals surface area contributed by atoms with Crippen LogP contribution in [0.1, 0.15) is 11.3 Å². The number of halogens is 6. The average Bonchev–Trinajstić information content (AvgIpc) is 2.92. The zero-order valence-corrected chi connectivity index (χ0v) is 12.3. The molecule has 2 aromatic heterocycles. The molecule has 0 fully saturated rings. The number of hydrogen-bond acceptors (Lipinski definition) is 5. The van der Waals surface area contributed by atoms with E-state index in [9.17, 15) is 22.0 Å². The molecule has 0 aromatic carbocycles. The fourth-order valence-electron chi connectivity index (χ4n) is 1.58. The first kappa shape index (κ1) is 16.9. The van der Waals surface area contributed by atoms with Crippen molar-refractivity contribution in [1.82, 2.24) is 14.8 Å². The Morgan fingerprint density at radius 3 is 2.64 bits per heavy atom. The highest BCUT2D eigenvalue weighted by atomic mass is 35.5. The molecule has 0 unspecified atom stereocenters. The van der Waals surface area contributed by atoms with Gasteiger partial charge in [0.05, 0.1) is 5.56 Å². The molecule has 122 valence electrons. The summed E-state index contributed by atoms with van der Waals surface area (Å²) in [6.07, 6.45) is -3.72. The van der Waals surface area contributed by atoms with Crippen LogP contribution < -0.4 is 4.74 Å². The molecule has 0 aliphatic rings. The van der Waals surface area contributed by atoms with Crippen molar-refractivity contribution in [2.45, 2.75) is 23.8 Å². The Balaban J connectivity index is 2.32. The van der Waals surface area contributed by atoms with Gasteiger partial charge in [0, 0.05) is 12.8 Å². The van der Waals surface area contributed by atoms with Gasteiger partial charge in [0.1, 0.15) is 6.26 Å². The average molecular weight is 364 g/mol. The maximum absolute atomic E-state index is 12.9. The second-order valence-corrected chi connectivity index (χ2v) is 5.17. The Labute approximate surface area is 129 Å². The highest BCUT2D eigenvalue weighted by molar-refractivity contribution is 7.98. The summed E-state index contributed by atoms with van der Waals surface area (Å²) in [6.45, 7) is -3.28. The van der Waals surface area contributed by atoms with Crippen LogP contribution in [0.3, 0.4) is 0 Å². The van der Waals surface area contributed by atoms with E-state index >= 15 is 0 Å². The molecule has 5 nitrogen and oxygen atoms in total. The van der Waals surface area contributed by atoms with Crippen LogP contribution in [-0.2, 0) is 19.0 Å². The summed E-state index contributed by atoms with van der Waals surface area (Å²) in [5, 5.41) is 3.21. The first-order valence-electron chi connectivity index (χ1n) is 5.50. The number of alkyl halides is 5. The lowest BCUT2D eigenvalue weighted by Crippen LogP contribution is -2.09. The molecule has 0 spiro atoms. The number of nitrogens with zero attached hydrogens (tertiary/aromatic N) is 3. The van der Waals surface area contributed by atoms with E-state index in [0.29, 0.717) is 4.68 Å².